The van der Waals surface area contributed by atoms with Crippen LogP contribution >= 0.6 is 0 Å². The third-order valence-electron chi connectivity index (χ3n) is 9.45. The molecule has 0 N–H and O–H groups in total. The molecule has 0 saturated carbocycles. The maximum atomic E-state index is 2.30. The van der Waals surface area contributed by atoms with Gasteiger partial charge >= 0.3 is 0 Å². The zero-order valence-corrected chi connectivity index (χ0v) is 30.0. The summed E-state index contributed by atoms with van der Waals surface area (Å²) in [6.07, 6.45) is 8.62. The molecular weight excluding hydrogens is 653 g/mol. The van der Waals surface area contributed by atoms with Crippen LogP contribution in [0.25, 0.3) is 35.4 Å². The molecule has 0 bridgehead atoms. The molecule has 0 radical (unpaired) electrons. The molecule has 0 aliphatic heterocycles. The second kappa shape index (κ2) is 16.5. The van der Waals surface area contributed by atoms with Gasteiger partial charge in [-0.2, -0.15) is 0 Å². The van der Waals surface area contributed by atoms with E-state index in [0.29, 0.717) is 0 Å². The highest BCUT2D eigenvalue weighted by molar-refractivity contribution is 5.82. The smallest absolute Gasteiger partial charge is 0.0462 e. The van der Waals surface area contributed by atoms with Crippen LogP contribution in [0.3, 0.4) is 0 Å². The first-order valence-electron chi connectivity index (χ1n) is 18.3. The maximum Gasteiger partial charge on any atom is 0.0462 e. The summed E-state index contributed by atoms with van der Waals surface area (Å²) in [4.78, 5) is 4.61. The summed E-state index contributed by atoms with van der Waals surface area (Å²) in [5.74, 6) is 0. The zero-order valence-electron chi connectivity index (χ0n) is 30.0. The van der Waals surface area contributed by atoms with E-state index in [-0.39, 0.29) is 0 Å². The van der Waals surface area contributed by atoms with Crippen molar-refractivity contribution in [2.24, 2.45) is 0 Å². The van der Waals surface area contributed by atoms with Gasteiger partial charge in [0, 0.05) is 34.1 Å². The lowest BCUT2D eigenvalue weighted by atomic mass is 10.0. The minimum atomic E-state index is 1.10. The van der Waals surface area contributed by atoms with Crippen LogP contribution in [0.15, 0.2) is 218 Å². The summed E-state index contributed by atoms with van der Waals surface area (Å²) in [6, 6.07) is 77.1. The molecule has 8 aromatic carbocycles. The second-order valence-corrected chi connectivity index (χ2v) is 13.1. The average Bonchev–Trinajstić information content (AvgIpc) is 3.25. The molecule has 2 nitrogen and oxygen atoms in total. The number of hydrogen-bond acceptors (Lipinski definition) is 2. The van der Waals surface area contributed by atoms with Gasteiger partial charge in [-0.1, -0.05) is 170 Å². The molecule has 0 aromatic heterocycles. The van der Waals surface area contributed by atoms with Gasteiger partial charge in [0.1, 0.15) is 0 Å². The topological polar surface area (TPSA) is 6.48 Å². The highest BCUT2D eigenvalue weighted by Gasteiger charge is 2.14. The molecule has 0 aliphatic carbocycles. The fourth-order valence-corrected chi connectivity index (χ4v) is 6.64. The minimum absolute atomic E-state index is 1.10. The first kappa shape index (κ1) is 34.0. The fourth-order valence-electron chi connectivity index (χ4n) is 6.64. The van der Waals surface area contributed by atoms with Gasteiger partial charge in [-0.3, -0.25) is 0 Å². The van der Waals surface area contributed by atoms with Crippen LogP contribution in [0, 0.1) is 0 Å². The Morgan fingerprint density at radius 2 is 0.426 bits per heavy atom. The van der Waals surface area contributed by atoms with Crippen LogP contribution in [-0.4, -0.2) is 0 Å². The number of nitrogens with zero attached hydrogens (tertiary/aromatic N) is 2. The van der Waals surface area contributed by atoms with Crippen molar-refractivity contribution in [3.8, 4) is 11.1 Å². The number of benzene rings is 8. The molecule has 2 heteroatoms. The Morgan fingerprint density at radius 1 is 0.204 bits per heavy atom. The van der Waals surface area contributed by atoms with Crippen LogP contribution in [0.4, 0.5) is 34.1 Å². The molecule has 54 heavy (non-hydrogen) atoms. The second-order valence-electron chi connectivity index (χ2n) is 13.1. The highest BCUT2D eigenvalue weighted by Crippen LogP contribution is 2.38. The molecule has 0 amide bonds. The highest BCUT2D eigenvalue weighted by atomic mass is 15.1. The predicted octanol–water partition coefficient (Wildman–Crippen LogP) is 14.6. The lowest BCUT2D eigenvalue weighted by Gasteiger charge is -2.26. The van der Waals surface area contributed by atoms with Crippen LogP contribution < -0.4 is 9.80 Å². The van der Waals surface area contributed by atoms with E-state index in [1.807, 2.05) is 12.1 Å². The minimum Gasteiger partial charge on any atom is -0.311 e. The van der Waals surface area contributed by atoms with Gasteiger partial charge in [-0.15, -0.1) is 0 Å². The summed E-state index contributed by atoms with van der Waals surface area (Å²) >= 11 is 0. The number of para-hydroxylation sites is 2. The van der Waals surface area contributed by atoms with Gasteiger partial charge in [-0.05, 0) is 106 Å². The predicted molar refractivity (Wildman–Crippen MR) is 232 cm³/mol. The molecule has 258 valence electrons. The molecule has 0 saturated heterocycles. The Balaban J connectivity index is 1.03. The van der Waals surface area contributed by atoms with Gasteiger partial charge in [-0.25, -0.2) is 0 Å². The normalized spacial score (nSPS) is 11.2. The lowest BCUT2D eigenvalue weighted by molar-refractivity contribution is 1.28. The summed E-state index contributed by atoms with van der Waals surface area (Å²) in [5.41, 5.74) is 13.7. The van der Waals surface area contributed by atoms with Crippen molar-refractivity contribution in [1.82, 2.24) is 0 Å². The Hall–Kier alpha value is -7.16. The standard InChI is InChI=1S/C52H40N2/c1-5-13-41(14-6-1)21-23-43-25-33-49(34-26-43)53(47-17-9-3-10-18-47)51-37-29-45(30-38-51)46-31-39-52(40-32-46)54(48-19-11-4-12-20-48)50-35-27-44(28-36-50)24-22-42-15-7-2-8-16-42/h1-40H. The third-order valence-corrected chi connectivity index (χ3v) is 9.45. The molecule has 0 fully saturated rings. The largest absolute Gasteiger partial charge is 0.311 e. The van der Waals surface area contributed by atoms with Gasteiger partial charge < -0.3 is 9.80 Å². The van der Waals surface area contributed by atoms with E-state index in [1.165, 1.54) is 22.3 Å². The molecule has 0 unspecified atom stereocenters. The Bertz CT molecular complexity index is 2240. The Labute approximate surface area is 318 Å². The van der Waals surface area contributed by atoms with E-state index < -0.39 is 0 Å². The number of rotatable bonds is 11. The fraction of sp³-hybridized carbons (Fsp3) is 0. The molecule has 0 atom stereocenters. The van der Waals surface area contributed by atoms with Crippen molar-refractivity contribution in [1.29, 1.82) is 0 Å². The van der Waals surface area contributed by atoms with Crippen molar-refractivity contribution in [3.63, 3.8) is 0 Å². The molecular formula is C52H40N2. The van der Waals surface area contributed by atoms with E-state index in [0.717, 1.165) is 45.3 Å². The van der Waals surface area contributed by atoms with Gasteiger partial charge in [0.25, 0.3) is 0 Å². The van der Waals surface area contributed by atoms with Crippen molar-refractivity contribution in [2.45, 2.75) is 0 Å². The third kappa shape index (κ3) is 8.15. The molecule has 8 aromatic rings. The monoisotopic (exact) mass is 692 g/mol. The van der Waals surface area contributed by atoms with Crippen LogP contribution in [0.2, 0.25) is 0 Å². The van der Waals surface area contributed by atoms with Crippen LogP contribution in [0.5, 0.6) is 0 Å². The lowest BCUT2D eigenvalue weighted by Crippen LogP contribution is -2.10. The Morgan fingerprint density at radius 3 is 0.722 bits per heavy atom. The van der Waals surface area contributed by atoms with Gasteiger partial charge in [0.2, 0.25) is 0 Å². The first-order chi connectivity index (χ1) is 26.8. The molecule has 8 rings (SSSR count). The van der Waals surface area contributed by atoms with Crippen molar-refractivity contribution in [3.05, 3.63) is 241 Å². The van der Waals surface area contributed by atoms with E-state index in [1.54, 1.807) is 0 Å². The van der Waals surface area contributed by atoms with E-state index in [4.69, 9.17) is 0 Å². The number of anilines is 6. The van der Waals surface area contributed by atoms with Crippen molar-refractivity contribution in [2.75, 3.05) is 9.80 Å². The molecule has 0 heterocycles. The van der Waals surface area contributed by atoms with E-state index >= 15 is 0 Å². The van der Waals surface area contributed by atoms with E-state index in [2.05, 4.69) is 240 Å². The molecule has 0 spiro atoms. The quantitative estimate of drug-likeness (QED) is 0.125. The van der Waals surface area contributed by atoms with Crippen molar-refractivity contribution >= 4 is 58.4 Å². The average molecular weight is 693 g/mol. The van der Waals surface area contributed by atoms with Crippen molar-refractivity contribution < 1.29 is 0 Å². The maximum absolute atomic E-state index is 2.30. The van der Waals surface area contributed by atoms with Crippen LogP contribution in [0.1, 0.15) is 22.3 Å². The first-order valence-corrected chi connectivity index (χ1v) is 18.3. The summed E-state index contributed by atoms with van der Waals surface area (Å²) in [5, 5.41) is 0. The Kier molecular flexibility index (Phi) is 10.3. The number of hydrogen-bond donors (Lipinski definition) is 0. The summed E-state index contributed by atoms with van der Waals surface area (Å²) < 4.78 is 0. The zero-order chi connectivity index (χ0) is 36.4. The summed E-state index contributed by atoms with van der Waals surface area (Å²) in [7, 11) is 0. The molecule has 0 aliphatic rings. The summed E-state index contributed by atoms with van der Waals surface area (Å²) in [6.45, 7) is 0. The van der Waals surface area contributed by atoms with Gasteiger partial charge in [0.05, 0.1) is 0 Å². The van der Waals surface area contributed by atoms with Crippen LogP contribution in [-0.2, 0) is 0 Å². The van der Waals surface area contributed by atoms with E-state index in [9.17, 15) is 0 Å². The van der Waals surface area contributed by atoms with Gasteiger partial charge in [0.15, 0.2) is 0 Å². The SMILES string of the molecule is C(=Cc1ccc(N(c2ccccc2)c2ccc(-c3ccc(N(c4ccccc4)c4ccc(C=Cc5ccccc5)cc4)cc3)cc2)cc1)c1ccccc1.